The second kappa shape index (κ2) is 10.8. The van der Waals surface area contributed by atoms with E-state index < -0.39 is 0 Å². The molecule has 4 aromatic carbocycles. The van der Waals surface area contributed by atoms with Crippen molar-refractivity contribution in [1.82, 2.24) is 19.9 Å². The van der Waals surface area contributed by atoms with E-state index in [1.165, 1.54) is 55.8 Å². The summed E-state index contributed by atoms with van der Waals surface area (Å²) in [5, 5.41) is 0. The van der Waals surface area contributed by atoms with Crippen LogP contribution >= 0.6 is 0 Å². The summed E-state index contributed by atoms with van der Waals surface area (Å²) in [5.41, 5.74) is 17.6. The third-order valence-corrected chi connectivity index (χ3v) is 8.37. The minimum absolute atomic E-state index is 0.552. The summed E-state index contributed by atoms with van der Waals surface area (Å²) in [5.74, 6) is 0. The van der Waals surface area contributed by atoms with E-state index in [0.717, 1.165) is 22.6 Å². The summed E-state index contributed by atoms with van der Waals surface area (Å²) < 4.78 is 0. The van der Waals surface area contributed by atoms with E-state index in [1.54, 1.807) is 12.4 Å². The molecule has 0 N–H and O–H groups in total. The van der Waals surface area contributed by atoms with Crippen LogP contribution in [-0.2, 0) is 0 Å². The Bertz CT molecular complexity index is 1890. The number of fused-ring (bicyclic) bond motifs is 1. The van der Waals surface area contributed by atoms with Crippen LogP contribution in [-0.4, -0.2) is 19.9 Å². The second-order valence-electron chi connectivity index (χ2n) is 11.2. The zero-order valence-electron chi connectivity index (χ0n) is 25.3. The molecule has 0 fully saturated rings. The summed E-state index contributed by atoms with van der Waals surface area (Å²) in [7, 11) is 0. The molecule has 0 saturated carbocycles. The van der Waals surface area contributed by atoms with E-state index >= 15 is 0 Å². The number of para-hydroxylation sites is 1. The Morgan fingerprint density at radius 1 is 0.548 bits per heavy atom. The molecule has 6 rings (SSSR count). The quantitative estimate of drug-likeness (QED) is 0.214. The molecule has 0 aliphatic heterocycles. The molecule has 0 atom stereocenters. The molecule has 0 bridgehead atoms. The Hall–Kier alpha value is -4.90. The zero-order valence-corrected chi connectivity index (χ0v) is 25.3. The van der Waals surface area contributed by atoms with Crippen molar-refractivity contribution in [1.29, 1.82) is 0 Å². The number of rotatable bonds is 5. The summed E-state index contributed by atoms with van der Waals surface area (Å²) in [6.45, 7) is 15.3. The van der Waals surface area contributed by atoms with Gasteiger partial charge in [0.1, 0.15) is 0 Å². The molecular formula is C37H35N5. The first-order valence-electron chi connectivity index (χ1n) is 14.3. The average molecular weight is 550 g/mol. The summed E-state index contributed by atoms with van der Waals surface area (Å²) in [6, 6.07) is 24.1. The molecule has 5 nitrogen and oxygen atoms in total. The molecule has 0 amide bonds. The fourth-order valence-electron chi connectivity index (χ4n) is 6.29. The van der Waals surface area contributed by atoms with E-state index in [0.29, 0.717) is 11.3 Å². The number of hydrogen-bond acceptors (Lipinski definition) is 5. The van der Waals surface area contributed by atoms with Gasteiger partial charge >= 0.3 is 0 Å². The first kappa shape index (κ1) is 27.3. The van der Waals surface area contributed by atoms with Gasteiger partial charge in [0.15, 0.2) is 11.3 Å². The lowest BCUT2D eigenvalue weighted by Gasteiger charge is -2.31. The predicted octanol–water partition coefficient (Wildman–Crippen LogP) is 9.38. The maximum absolute atomic E-state index is 4.85. The minimum Gasteiger partial charge on any atom is -0.310 e. The van der Waals surface area contributed by atoms with Crippen molar-refractivity contribution >= 4 is 28.4 Å². The normalized spacial score (nSPS) is 11.2. The monoisotopic (exact) mass is 549 g/mol. The molecule has 5 heteroatoms. The van der Waals surface area contributed by atoms with Gasteiger partial charge in [0, 0.05) is 29.3 Å². The largest absolute Gasteiger partial charge is 0.310 e. The highest BCUT2D eigenvalue weighted by molar-refractivity contribution is 5.87. The lowest BCUT2D eigenvalue weighted by molar-refractivity contribution is 1.13. The maximum atomic E-state index is 4.85. The van der Waals surface area contributed by atoms with Crippen molar-refractivity contribution < 1.29 is 0 Å². The molecular weight excluding hydrogens is 514 g/mol. The van der Waals surface area contributed by atoms with Crippen LogP contribution < -0.4 is 4.90 Å². The van der Waals surface area contributed by atoms with Gasteiger partial charge in [0.05, 0.1) is 17.6 Å². The maximum Gasteiger partial charge on any atom is 0.198 e. The topological polar surface area (TPSA) is 54.8 Å². The smallest absolute Gasteiger partial charge is 0.198 e. The molecule has 0 unspecified atom stereocenters. The molecule has 0 spiro atoms. The number of anilines is 3. The van der Waals surface area contributed by atoms with E-state index in [2.05, 4.69) is 135 Å². The molecule has 42 heavy (non-hydrogen) atoms. The van der Waals surface area contributed by atoms with Gasteiger partial charge in [-0.1, -0.05) is 48.0 Å². The number of aromatic nitrogens is 4. The summed E-state index contributed by atoms with van der Waals surface area (Å²) >= 11 is 0. The van der Waals surface area contributed by atoms with Crippen LogP contribution in [0.3, 0.4) is 0 Å². The van der Waals surface area contributed by atoms with E-state index in [9.17, 15) is 0 Å². The number of benzene rings is 4. The van der Waals surface area contributed by atoms with Crippen molar-refractivity contribution in [3.63, 3.8) is 0 Å². The van der Waals surface area contributed by atoms with Crippen LogP contribution in [0.4, 0.5) is 17.1 Å². The Kier molecular flexibility index (Phi) is 7.03. The van der Waals surface area contributed by atoms with Crippen molar-refractivity contribution in [3.8, 4) is 22.4 Å². The van der Waals surface area contributed by atoms with Gasteiger partial charge in [-0.05, 0) is 117 Å². The summed E-state index contributed by atoms with van der Waals surface area (Å²) in [4.78, 5) is 20.5. The standard InChI is InChI=1S/C37H35N5/c1-22-19-23(2)33(24(3)20-22)29-13-15-31(16-14-29)42(30-11-9-8-10-12-30)35-27(6)25(4)34(26(5)28(35)7)32-21-40-36-37(41-32)39-18-17-38-36/h8-21H,1-7H3. The average Bonchev–Trinajstić information content (AvgIpc) is 2.99. The first-order chi connectivity index (χ1) is 20.2. The third-order valence-electron chi connectivity index (χ3n) is 8.37. The fourth-order valence-corrected chi connectivity index (χ4v) is 6.29. The SMILES string of the molecule is Cc1cc(C)c(-c2ccc(N(c3ccccc3)c3c(C)c(C)c(-c4cnc5nccnc5n4)c(C)c3C)cc2)c(C)c1. The lowest BCUT2D eigenvalue weighted by atomic mass is 9.89. The predicted molar refractivity (Wildman–Crippen MR) is 174 cm³/mol. The molecule has 0 aliphatic carbocycles. The van der Waals surface area contributed by atoms with Crippen LogP contribution in [0.25, 0.3) is 33.7 Å². The van der Waals surface area contributed by atoms with Crippen LogP contribution in [0.1, 0.15) is 38.9 Å². The van der Waals surface area contributed by atoms with Crippen molar-refractivity contribution in [2.45, 2.75) is 48.5 Å². The van der Waals surface area contributed by atoms with Crippen LogP contribution in [0.15, 0.2) is 85.3 Å². The molecule has 2 heterocycles. The van der Waals surface area contributed by atoms with Crippen molar-refractivity contribution in [3.05, 3.63) is 124 Å². The minimum atomic E-state index is 0.552. The molecule has 208 valence electrons. The Labute approximate surface area is 248 Å². The van der Waals surface area contributed by atoms with Gasteiger partial charge < -0.3 is 4.90 Å². The number of hydrogen-bond donors (Lipinski definition) is 0. The van der Waals surface area contributed by atoms with Gasteiger partial charge in [-0.2, -0.15) is 0 Å². The summed E-state index contributed by atoms with van der Waals surface area (Å²) in [6.07, 6.45) is 5.11. The van der Waals surface area contributed by atoms with Crippen LogP contribution in [0.5, 0.6) is 0 Å². The first-order valence-corrected chi connectivity index (χ1v) is 14.3. The second-order valence-corrected chi connectivity index (χ2v) is 11.2. The van der Waals surface area contributed by atoms with E-state index in [-0.39, 0.29) is 0 Å². The van der Waals surface area contributed by atoms with E-state index in [1.807, 2.05) is 6.20 Å². The van der Waals surface area contributed by atoms with Gasteiger partial charge in [-0.3, -0.25) is 0 Å². The molecule has 0 radical (unpaired) electrons. The van der Waals surface area contributed by atoms with Crippen LogP contribution in [0, 0.1) is 48.5 Å². The highest BCUT2D eigenvalue weighted by Gasteiger charge is 2.24. The molecule has 2 aromatic heterocycles. The molecule has 0 saturated heterocycles. The molecule has 0 aliphatic rings. The fraction of sp³-hybridized carbons (Fsp3) is 0.189. The number of nitrogens with zero attached hydrogens (tertiary/aromatic N) is 5. The third kappa shape index (κ3) is 4.71. The van der Waals surface area contributed by atoms with Gasteiger partial charge in [-0.25, -0.2) is 19.9 Å². The Balaban J connectivity index is 1.51. The Morgan fingerprint density at radius 2 is 1.12 bits per heavy atom. The van der Waals surface area contributed by atoms with Gasteiger partial charge in [0.2, 0.25) is 0 Å². The van der Waals surface area contributed by atoms with E-state index in [4.69, 9.17) is 4.98 Å². The molecule has 6 aromatic rings. The van der Waals surface area contributed by atoms with Crippen LogP contribution in [0.2, 0.25) is 0 Å². The highest BCUT2D eigenvalue weighted by atomic mass is 15.1. The van der Waals surface area contributed by atoms with Crippen molar-refractivity contribution in [2.24, 2.45) is 0 Å². The Morgan fingerprint density at radius 3 is 1.74 bits per heavy atom. The zero-order chi connectivity index (χ0) is 29.5. The number of aryl methyl sites for hydroxylation is 3. The van der Waals surface area contributed by atoms with Gasteiger partial charge in [-0.15, -0.1) is 0 Å². The highest BCUT2D eigenvalue weighted by Crippen LogP contribution is 2.44. The van der Waals surface area contributed by atoms with Gasteiger partial charge in [0.25, 0.3) is 0 Å². The lowest BCUT2D eigenvalue weighted by Crippen LogP contribution is -2.15. The van der Waals surface area contributed by atoms with Crippen molar-refractivity contribution in [2.75, 3.05) is 4.90 Å².